The maximum atomic E-state index is 13.4. The number of nitrogens with zero attached hydrogens (tertiary/aromatic N) is 4. The van der Waals surface area contributed by atoms with Crippen molar-refractivity contribution in [2.24, 2.45) is 0 Å². The SMILES string of the molecule is CN1CCC(Nc2ccc(C(=O)Nc3cc(-c4ccc5ncn(-c6ccc(F)cc6)c5c4)[nH]n3)cc2)CC1. The van der Waals surface area contributed by atoms with Crippen LogP contribution in [0, 0.1) is 5.82 Å². The Labute approximate surface area is 219 Å². The van der Waals surface area contributed by atoms with Crippen molar-refractivity contribution in [1.82, 2.24) is 24.6 Å². The number of piperidine rings is 1. The van der Waals surface area contributed by atoms with E-state index in [0.29, 0.717) is 17.4 Å². The smallest absolute Gasteiger partial charge is 0.256 e. The molecular formula is C29H28FN7O. The van der Waals surface area contributed by atoms with E-state index in [2.05, 4.69) is 37.8 Å². The number of benzene rings is 3. The summed E-state index contributed by atoms with van der Waals surface area (Å²) >= 11 is 0. The Kier molecular flexibility index (Phi) is 6.35. The third kappa shape index (κ3) is 5.01. The molecule has 6 rings (SSSR count). The van der Waals surface area contributed by atoms with Crippen molar-refractivity contribution in [2.45, 2.75) is 18.9 Å². The van der Waals surface area contributed by atoms with Gasteiger partial charge in [0.2, 0.25) is 0 Å². The lowest BCUT2D eigenvalue weighted by Gasteiger charge is -2.30. The highest BCUT2D eigenvalue weighted by Gasteiger charge is 2.17. The molecule has 8 nitrogen and oxygen atoms in total. The van der Waals surface area contributed by atoms with Crippen molar-refractivity contribution in [3.63, 3.8) is 0 Å². The van der Waals surface area contributed by atoms with Crippen LogP contribution in [0.2, 0.25) is 0 Å². The summed E-state index contributed by atoms with van der Waals surface area (Å²) in [4.78, 5) is 19.6. The molecule has 0 unspecified atom stereocenters. The number of hydrogen-bond acceptors (Lipinski definition) is 5. The number of nitrogens with one attached hydrogen (secondary N) is 3. The quantitative estimate of drug-likeness (QED) is 0.289. The van der Waals surface area contributed by atoms with E-state index in [-0.39, 0.29) is 11.7 Å². The van der Waals surface area contributed by atoms with Gasteiger partial charge in [0.1, 0.15) is 12.1 Å². The highest BCUT2D eigenvalue weighted by atomic mass is 19.1. The van der Waals surface area contributed by atoms with Crippen molar-refractivity contribution in [3.05, 3.63) is 90.5 Å². The Balaban J connectivity index is 1.14. The fraction of sp³-hybridized carbons (Fsp3) is 0.207. The number of anilines is 2. The van der Waals surface area contributed by atoms with Gasteiger partial charge in [0, 0.05) is 34.6 Å². The van der Waals surface area contributed by atoms with Gasteiger partial charge < -0.3 is 15.5 Å². The summed E-state index contributed by atoms with van der Waals surface area (Å²) in [5.74, 6) is -0.0736. The van der Waals surface area contributed by atoms with Crippen LogP contribution >= 0.6 is 0 Å². The number of likely N-dealkylation sites (tertiary alicyclic amines) is 1. The first-order chi connectivity index (χ1) is 18.5. The van der Waals surface area contributed by atoms with E-state index in [0.717, 1.165) is 59.6 Å². The number of carbonyl (C=O) groups excluding carboxylic acids is 1. The molecule has 3 N–H and O–H groups in total. The molecule has 0 atom stereocenters. The van der Waals surface area contributed by atoms with E-state index in [1.54, 1.807) is 24.5 Å². The average molecular weight is 510 g/mol. The second kappa shape index (κ2) is 10.1. The molecule has 192 valence electrons. The van der Waals surface area contributed by atoms with Crippen LogP contribution in [0.1, 0.15) is 23.2 Å². The van der Waals surface area contributed by atoms with Crippen molar-refractivity contribution in [2.75, 3.05) is 30.8 Å². The summed E-state index contributed by atoms with van der Waals surface area (Å²) in [6, 6.07) is 21.9. The molecular weight excluding hydrogens is 481 g/mol. The Morgan fingerprint density at radius 3 is 2.53 bits per heavy atom. The zero-order chi connectivity index (χ0) is 26.1. The van der Waals surface area contributed by atoms with Crippen molar-refractivity contribution in [3.8, 4) is 16.9 Å². The fourth-order valence-corrected chi connectivity index (χ4v) is 4.81. The maximum Gasteiger partial charge on any atom is 0.256 e. The molecule has 38 heavy (non-hydrogen) atoms. The van der Waals surface area contributed by atoms with Gasteiger partial charge in [-0.2, -0.15) is 5.10 Å². The first kappa shape index (κ1) is 23.9. The van der Waals surface area contributed by atoms with E-state index in [4.69, 9.17) is 0 Å². The molecule has 2 aromatic heterocycles. The lowest BCUT2D eigenvalue weighted by Crippen LogP contribution is -2.36. The number of rotatable bonds is 6. The number of hydrogen-bond donors (Lipinski definition) is 3. The number of H-pyrrole nitrogens is 1. The molecule has 1 aliphatic heterocycles. The molecule has 0 aliphatic carbocycles. The summed E-state index contributed by atoms with van der Waals surface area (Å²) in [6.45, 7) is 2.19. The first-order valence-electron chi connectivity index (χ1n) is 12.7. The summed E-state index contributed by atoms with van der Waals surface area (Å²) < 4.78 is 15.3. The molecule has 0 saturated carbocycles. The Morgan fingerprint density at radius 2 is 1.76 bits per heavy atom. The summed E-state index contributed by atoms with van der Waals surface area (Å²) in [5.41, 5.74) is 5.74. The molecule has 0 spiro atoms. The second-order valence-electron chi connectivity index (χ2n) is 9.71. The Morgan fingerprint density at radius 1 is 1.00 bits per heavy atom. The number of carbonyl (C=O) groups is 1. The molecule has 3 aromatic carbocycles. The molecule has 1 fully saturated rings. The number of aromatic nitrogens is 4. The molecule has 1 aliphatic rings. The van der Waals surface area contributed by atoms with E-state index < -0.39 is 0 Å². The zero-order valence-corrected chi connectivity index (χ0v) is 21.0. The minimum absolute atomic E-state index is 0.223. The van der Waals surface area contributed by atoms with Crippen LogP contribution in [0.25, 0.3) is 28.0 Å². The van der Waals surface area contributed by atoms with E-state index in [1.807, 2.05) is 47.0 Å². The molecule has 5 aromatic rings. The molecule has 1 amide bonds. The van der Waals surface area contributed by atoms with Crippen LogP contribution in [0.4, 0.5) is 15.9 Å². The third-order valence-corrected chi connectivity index (χ3v) is 7.02. The summed E-state index contributed by atoms with van der Waals surface area (Å²) in [7, 11) is 2.15. The van der Waals surface area contributed by atoms with Crippen LogP contribution in [0.3, 0.4) is 0 Å². The maximum absolute atomic E-state index is 13.4. The number of halogens is 1. The summed E-state index contributed by atoms with van der Waals surface area (Å²) in [5, 5.41) is 13.7. The number of amides is 1. The van der Waals surface area contributed by atoms with Gasteiger partial charge in [-0.3, -0.25) is 14.5 Å². The van der Waals surface area contributed by atoms with Gasteiger partial charge in [0.05, 0.1) is 16.7 Å². The van der Waals surface area contributed by atoms with Crippen LogP contribution < -0.4 is 10.6 Å². The minimum atomic E-state index is -0.286. The van der Waals surface area contributed by atoms with Crippen LogP contribution in [-0.4, -0.2) is 56.7 Å². The monoisotopic (exact) mass is 509 g/mol. The van der Waals surface area contributed by atoms with Crippen LogP contribution in [0.15, 0.2) is 79.1 Å². The lowest BCUT2D eigenvalue weighted by atomic mass is 10.0. The average Bonchev–Trinajstić information content (AvgIpc) is 3.58. The lowest BCUT2D eigenvalue weighted by molar-refractivity contribution is 0.102. The summed E-state index contributed by atoms with van der Waals surface area (Å²) in [6.07, 6.45) is 3.94. The van der Waals surface area contributed by atoms with E-state index in [1.165, 1.54) is 12.1 Å². The Hall–Kier alpha value is -4.50. The topological polar surface area (TPSA) is 90.9 Å². The van der Waals surface area contributed by atoms with E-state index in [9.17, 15) is 9.18 Å². The Bertz CT molecular complexity index is 1570. The minimum Gasteiger partial charge on any atom is -0.382 e. The van der Waals surface area contributed by atoms with Crippen LogP contribution in [-0.2, 0) is 0 Å². The zero-order valence-electron chi connectivity index (χ0n) is 21.0. The number of imidazole rings is 1. The van der Waals surface area contributed by atoms with Gasteiger partial charge in [-0.1, -0.05) is 6.07 Å². The normalized spacial score (nSPS) is 14.6. The predicted molar refractivity (Wildman–Crippen MR) is 147 cm³/mol. The highest BCUT2D eigenvalue weighted by molar-refractivity contribution is 6.04. The number of aromatic amines is 1. The van der Waals surface area contributed by atoms with Gasteiger partial charge in [-0.15, -0.1) is 0 Å². The van der Waals surface area contributed by atoms with Crippen molar-refractivity contribution < 1.29 is 9.18 Å². The second-order valence-corrected chi connectivity index (χ2v) is 9.71. The van der Waals surface area contributed by atoms with Crippen molar-refractivity contribution >= 4 is 28.4 Å². The molecule has 9 heteroatoms. The molecule has 0 radical (unpaired) electrons. The van der Waals surface area contributed by atoms with Gasteiger partial charge in [0.15, 0.2) is 5.82 Å². The standard InChI is InChI=1S/C29H28FN7O/c1-36-14-12-23(13-15-36)32-22-7-2-19(3-8-22)29(38)33-28-17-26(34-35-28)20-4-11-25-27(16-20)37(18-31-25)24-9-5-21(30)6-10-24/h2-11,16-18,23,32H,12-15H2,1H3,(H2,33,34,35,38). The van der Waals surface area contributed by atoms with Gasteiger partial charge >= 0.3 is 0 Å². The van der Waals surface area contributed by atoms with Crippen LogP contribution in [0.5, 0.6) is 0 Å². The largest absolute Gasteiger partial charge is 0.382 e. The van der Waals surface area contributed by atoms with Crippen molar-refractivity contribution in [1.29, 1.82) is 0 Å². The highest BCUT2D eigenvalue weighted by Crippen LogP contribution is 2.26. The predicted octanol–water partition coefficient (Wildman–Crippen LogP) is 5.31. The van der Waals surface area contributed by atoms with E-state index >= 15 is 0 Å². The van der Waals surface area contributed by atoms with Gasteiger partial charge in [0.25, 0.3) is 5.91 Å². The first-order valence-corrected chi connectivity index (χ1v) is 12.7. The molecule has 3 heterocycles. The third-order valence-electron chi connectivity index (χ3n) is 7.02. The molecule has 1 saturated heterocycles. The molecule has 0 bridgehead atoms. The van der Waals surface area contributed by atoms with Gasteiger partial charge in [-0.25, -0.2) is 9.37 Å². The fourth-order valence-electron chi connectivity index (χ4n) is 4.81. The number of fused-ring (bicyclic) bond motifs is 1. The van der Waals surface area contributed by atoms with Gasteiger partial charge in [-0.05, 0) is 93.6 Å².